The van der Waals surface area contributed by atoms with E-state index in [2.05, 4.69) is 46.9 Å². The van der Waals surface area contributed by atoms with Gasteiger partial charge in [0.1, 0.15) is 17.6 Å². The molecule has 11 atom stereocenters. The number of carbonyl (C=O) groups is 2. The Hall–Kier alpha value is -2.06. The van der Waals surface area contributed by atoms with Gasteiger partial charge in [-0.1, -0.05) is 59.2 Å². The Morgan fingerprint density at radius 3 is 2.30 bits per heavy atom. The number of hydrogen-bond donors (Lipinski definition) is 4. The molecule has 4 fully saturated rings. The van der Waals surface area contributed by atoms with Crippen molar-refractivity contribution in [2.45, 2.75) is 137 Å². The predicted molar refractivity (Wildman–Crippen MR) is 178 cm³/mol. The monoisotopic (exact) mass is 635 g/mol. The molecule has 0 radical (unpaired) electrons. The van der Waals surface area contributed by atoms with Crippen LogP contribution >= 0.6 is 0 Å². The lowest BCUT2D eigenvalue weighted by Crippen LogP contribution is -2.69. The first-order valence-electron chi connectivity index (χ1n) is 17.6. The number of phenols is 1. The van der Waals surface area contributed by atoms with E-state index < -0.39 is 17.6 Å². The second kappa shape index (κ2) is 11.0. The number of Topliss-reactive ketones (excluding diaryl/α,β-unsaturated/α-hetero) is 2. The van der Waals surface area contributed by atoms with Crippen LogP contribution in [0.2, 0.25) is 0 Å². The van der Waals surface area contributed by atoms with Crippen molar-refractivity contribution in [3.63, 3.8) is 0 Å². The molecular formula is C39H57NO6. The van der Waals surface area contributed by atoms with Crippen molar-refractivity contribution in [2.75, 3.05) is 6.54 Å². The van der Waals surface area contributed by atoms with Crippen molar-refractivity contribution in [3.8, 4) is 5.75 Å². The highest BCUT2D eigenvalue weighted by molar-refractivity contribution is 6.00. The number of aliphatic hydroxyl groups is 2. The first-order valence-corrected chi connectivity index (χ1v) is 17.6. The minimum absolute atomic E-state index is 0.0197. The number of ether oxygens (including phenoxy) is 1. The summed E-state index contributed by atoms with van der Waals surface area (Å²) in [6.45, 7) is 19.7. The second-order valence-electron chi connectivity index (χ2n) is 17.7. The smallest absolute Gasteiger partial charge is 0.159 e. The molecule has 7 heteroatoms. The van der Waals surface area contributed by atoms with Crippen molar-refractivity contribution in [1.82, 2.24) is 5.32 Å². The van der Waals surface area contributed by atoms with Gasteiger partial charge in [-0.15, -0.1) is 0 Å². The molecule has 4 aliphatic carbocycles. The van der Waals surface area contributed by atoms with E-state index in [0.29, 0.717) is 25.8 Å². The molecule has 0 aromatic heterocycles. The van der Waals surface area contributed by atoms with Crippen LogP contribution in [0.25, 0.3) is 0 Å². The lowest BCUT2D eigenvalue weighted by molar-refractivity contribution is -0.193. The van der Waals surface area contributed by atoms with Gasteiger partial charge in [0.2, 0.25) is 0 Å². The summed E-state index contributed by atoms with van der Waals surface area (Å²) in [5, 5.41) is 35.5. The van der Waals surface area contributed by atoms with Crippen LogP contribution in [-0.2, 0) is 14.3 Å². The molecule has 7 nitrogen and oxygen atoms in total. The van der Waals surface area contributed by atoms with Gasteiger partial charge in [0.15, 0.2) is 5.78 Å². The number of hydrogen-bond acceptors (Lipinski definition) is 7. The van der Waals surface area contributed by atoms with Crippen molar-refractivity contribution in [3.05, 3.63) is 41.0 Å². The first-order chi connectivity index (χ1) is 21.3. The number of epoxide rings is 1. The Labute approximate surface area is 275 Å². The van der Waals surface area contributed by atoms with E-state index in [1.807, 2.05) is 26.0 Å². The Balaban J connectivity index is 1.42. The lowest BCUT2D eigenvalue weighted by Gasteiger charge is -2.70. The summed E-state index contributed by atoms with van der Waals surface area (Å²) in [4.78, 5) is 28.5. The lowest BCUT2D eigenvalue weighted by atomic mass is 9.34. The maximum absolute atomic E-state index is 14.4. The summed E-state index contributed by atoms with van der Waals surface area (Å²) in [5.41, 5.74) is 1.29. The summed E-state index contributed by atoms with van der Waals surface area (Å²) < 4.78 is 5.74. The van der Waals surface area contributed by atoms with E-state index in [1.54, 1.807) is 19.1 Å². The average Bonchev–Trinajstić information content (AvgIpc) is 3.49. The number of fused-ring (bicyclic) bond motifs is 5. The number of ketones is 2. The molecule has 0 bridgehead atoms. The van der Waals surface area contributed by atoms with Crippen LogP contribution in [0.1, 0.15) is 112 Å². The molecule has 3 saturated carbocycles. The number of rotatable bonds is 8. The third-order valence-electron chi connectivity index (χ3n) is 13.9. The number of aliphatic hydroxyl groups excluding tert-OH is 2. The van der Waals surface area contributed by atoms with Crippen molar-refractivity contribution >= 4 is 11.6 Å². The van der Waals surface area contributed by atoms with Crippen LogP contribution in [0.15, 0.2) is 35.4 Å². The highest BCUT2D eigenvalue weighted by atomic mass is 16.6. The highest BCUT2D eigenvalue weighted by Crippen LogP contribution is 2.74. The van der Waals surface area contributed by atoms with Gasteiger partial charge >= 0.3 is 0 Å². The fraction of sp³-hybridized carbons (Fsp3) is 0.744. The van der Waals surface area contributed by atoms with Gasteiger partial charge in [0.05, 0.1) is 17.8 Å². The summed E-state index contributed by atoms with van der Waals surface area (Å²) in [6, 6.07) is 7.19. The zero-order valence-corrected chi connectivity index (χ0v) is 29.4. The fourth-order valence-electron chi connectivity index (χ4n) is 11.9. The minimum atomic E-state index is -0.641. The van der Waals surface area contributed by atoms with Crippen LogP contribution in [0, 0.1) is 39.4 Å². The molecule has 0 spiro atoms. The summed E-state index contributed by atoms with van der Waals surface area (Å²) in [6.07, 6.45) is 2.96. The van der Waals surface area contributed by atoms with E-state index in [4.69, 9.17) is 4.74 Å². The third kappa shape index (κ3) is 4.97. The summed E-state index contributed by atoms with van der Waals surface area (Å²) in [5.74, 6) is 0.523. The molecule has 254 valence electrons. The maximum atomic E-state index is 14.4. The van der Waals surface area contributed by atoms with Crippen molar-refractivity contribution in [2.24, 2.45) is 39.4 Å². The van der Waals surface area contributed by atoms with Crippen molar-refractivity contribution in [1.29, 1.82) is 0 Å². The largest absolute Gasteiger partial charge is 0.508 e. The molecular weight excluding hydrogens is 578 g/mol. The number of carbonyl (C=O) groups excluding carboxylic acids is 2. The zero-order chi connectivity index (χ0) is 33.8. The van der Waals surface area contributed by atoms with E-state index in [0.717, 1.165) is 30.4 Å². The first kappa shape index (κ1) is 33.8. The molecule has 1 aromatic rings. The van der Waals surface area contributed by atoms with Crippen LogP contribution in [0.5, 0.6) is 5.75 Å². The number of aromatic hydroxyl groups is 1. The number of benzene rings is 1. The number of nitrogens with one attached hydrogen (secondary N) is 1. The van der Waals surface area contributed by atoms with Gasteiger partial charge in [-0.05, 0) is 105 Å². The molecule has 46 heavy (non-hydrogen) atoms. The summed E-state index contributed by atoms with van der Waals surface area (Å²) >= 11 is 0. The second-order valence-corrected chi connectivity index (χ2v) is 17.7. The fourth-order valence-corrected chi connectivity index (χ4v) is 11.9. The number of phenolic OH excluding ortho intramolecular Hbond substituents is 1. The molecule has 1 heterocycles. The van der Waals surface area contributed by atoms with E-state index >= 15 is 0 Å². The predicted octanol–water partition coefficient (Wildman–Crippen LogP) is 6.10. The molecule has 6 rings (SSSR count). The number of allylic oxidation sites excluding steroid dienone is 2. The zero-order valence-electron chi connectivity index (χ0n) is 29.4. The maximum Gasteiger partial charge on any atom is 0.159 e. The van der Waals surface area contributed by atoms with Gasteiger partial charge in [0.25, 0.3) is 0 Å². The Morgan fingerprint density at radius 1 is 1.02 bits per heavy atom. The molecule has 1 aromatic carbocycles. The highest BCUT2D eigenvalue weighted by Gasteiger charge is 2.71. The SMILES string of the molecule is C[C@H](O)CN[C@@H]1C[C@@]2(C)[C@@H](CCC3=C([C@H](C)C[C@@H](O)[C@@H]4OC4(C)C)C(=O)C[C@@]32C)[C@@]2(C)C[C@@H](c3cccc(O)c3)C(=O)C(C)(C)[C@H]12. The van der Waals surface area contributed by atoms with Gasteiger partial charge < -0.3 is 25.4 Å². The van der Waals surface area contributed by atoms with Crippen LogP contribution in [0.3, 0.4) is 0 Å². The van der Waals surface area contributed by atoms with E-state index in [1.165, 1.54) is 5.57 Å². The Kier molecular flexibility index (Phi) is 8.07. The van der Waals surface area contributed by atoms with Crippen LogP contribution in [0.4, 0.5) is 0 Å². The molecule has 0 unspecified atom stereocenters. The standard InChI is InChI=1S/C39H57NO6/c1-21(15-28(43)34-36(5,6)46-34)31-26-13-14-30-37(7)17-25(23-11-10-12-24(42)16-23)33(45)35(3,4)32(37)27(40-20-22(2)41)18-39(30,9)38(26,8)19-29(31)44/h10-12,16,21-22,25,27-28,30,32,34,40-43H,13-15,17-20H2,1-9H3/t21-,22+,25+,27-,28-,30+,32+,34+,37-,38+,39+/m1/s1. The summed E-state index contributed by atoms with van der Waals surface area (Å²) in [7, 11) is 0. The van der Waals surface area contributed by atoms with Gasteiger partial charge in [-0.3, -0.25) is 9.59 Å². The van der Waals surface area contributed by atoms with Crippen LogP contribution in [-0.4, -0.2) is 63.4 Å². The van der Waals surface area contributed by atoms with Crippen LogP contribution < -0.4 is 5.32 Å². The molecule has 0 amide bonds. The van der Waals surface area contributed by atoms with E-state index in [-0.39, 0.29) is 75.0 Å². The normalized spacial score (nSPS) is 41.3. The van der Waals surface area contributed by atoms with Gasteiger partial charge in [0, 0.05) is 35.8 Å². The third-order valence-corrected chi connectivity index (χ3v) is 13.9. The van der Waals surface area contributed by atoms with Gasteiger partial charge in [-0.25, -0.2) is 0 Å². The molecule has 5 aliphatic rings. The molecule has 1 saturated heterocycles. The molecule has 4 N–H and O–H groups in total. The van der Waals surface area contributed by atoms with E-state index in [9.17, 15) is 24.9 Å². The van der Waals surface area contributed by atoms with Gasteiger partial charge in [-0.2, -0.15) is 0 Å². The Bertz CT molecular complexity index is 1450. The topological polar surface area (TPSA) is 119 Å². The quantitative estimate of drug-likeness (QED) is 0.255. The average molecular weight is 636 g/mol. The van der Waals surface area contributed by atoms with Crippen molar-refractivity contribution < 1.29 is 29.6 Å². The molecule has 1 aliphatic heterocycles. The minimum Gasteiger partial charge on any atom is -0.508 e. The Morgan fingerprint density at radius 2 is 1.70 bits per heavy atom.